The minimum atomic E-state index is 0. The monoisotopic (exact) mass is 265 g/mol. The van der Waals surface area contributed by atoms with Gasteiger partial charge in [-0.25, -0.2) is 0 Å². The summed E-state index contributed by atoms with van der Waals surface area (Å²) in [4.78, 5) is 2.20. The lowest BCUT2D eigenvalue weighted by Gasteiger charge is -2.19. The summed E-state index contributed by atoms with van der Waals surface area (Å²) in [6.07, 6.45) is 0. The third kappa shape index (κ3) is 3.00. The van der Waals surface area contributed by atoms with Gasteiger partial charge in [0.15, 0.2) is 0 Å². The molecule has 0 aliphatic carbocycles. The molecule has 0 heterocycles. The maximum atomic E-state index is 2.22. The van der Waals surface area contributed by atoms with E-state index in [1.165, 1.54) is 22.1 Å². The van der Waals surface area contributed by atoms with Crippen LogP contribution in [0.4, 0.5) is 11.4 Å². The van der Waals surface area contributed by atoms with Crippen LogP contribution in [0, 0.1) is 0 Å². The van der Waals surface area contributed by atoms with Gasteiger partial charge >= 0.3 is 0 Å². The molecule has 3 rings (SSSR count). The van der Waals surface area contributed by atoms with Crippen LogP contribution in [0.15, 0.2) is 72.8 Å². The Balaban J connectivity index is 0.000001000. The fraction of sp³-hybridized carbons (Fsp3) is 0.158. The van der Waals surface area contributed by atoms with Crippen LogP contribution < -0.4 is 4.90 Å². The first-order chi connectivity index (χ1) is 8.84. The average molecular weight is 265 g/mol. The Kier molecular flexibility index (Phi) is 5.33. The van der Waals surface area contributed by atoms with Crippen molar-refractivity contribution in [3.8, 4) is 0 Å². The van der Waals surface area contributed by atoms with Gasteiger partial charge in [-0.3, -0.25) is 0 Å². The quantitative estimate of drug-likeness (QED) is 0.559. The number of nitrogens with zero attached hydrogens (tertiary/aromatic N) is 1. The van der Waals surface area contributed by atoms with E-state index in [2.05, 4.69) is 78.7 Å². The summed E-state index contributed by atoms with van der Waals surface area (Å²) < 4.78 is 0. The fourth-order valence-electron chi connectivity index (χ4n) is 2.19. The van der Waals surface area contributed by atoms with Gasteiger partial charge in [-0.1, -0.05) is 63.4 Å². The highest BCUT2D eigenvalue weighted by atomic mass is 15.1. The number of anilines is 2. The molecule has 1 nitrogen and oxygen atoms in total. The van der Waals surface area contributed by atoms with Crippen molar-refractivity contribution < 1.29 is 0 Å². The summed E-state index contributed by atoms with van der Waals surface area (Å²) in [5.74, 6) is 0. The van der Waals surface area contributed by atoms with Crippen molar-refractivity contribution in [2.45, 2.75) is 14.9 Å². The topological polar surface area (TPSA) is 3.24 Å². The number of para-hydroxylation sites is 1. The molecule has 0 radical (unpaired) electrons. The summed E-state index contributed by atoms with van der Waals surface area (Å²) in [5, 5.41) is 2.56. The molecule has 0 aliphatic rings. The van der Waals surface area contributed by atoms with Crippen LogP contribution in [0.1, 0.15) is 14.9 Å². The standard InChI is InChI=1S/C17H15N.2CH4/c1-18(16-9-3-2-4-10-16)17-12-11-14-7-5-6-8-15(14)13-17;;/h2-13H,1H3;2*1H4. The molecule has 3 aromatic carbocycles. The first-order valence-electron chi connectivity index (χ1n) is 6.12. The fourth-order valence-corrected chi connectivity index (χ4v) is 2.19. The number of hydrogen-bond donors (Lipinski definition) is 0. The zero-order valence-corrected chi connectivity index (χ0v) is 10.4. The van der Waals surface area contributed by atoms with Crippen LogP contribution >= 0.6 is 0 Å². The Morgan fingerprint density at radius 3 is 1.90 bits per heavy atom. The van der Waals surface area contributed by atoms with E-state index in [0.717, 1.165) is 0 Å². The van der Waals surface area contributed by atoms with Gasteiger partial charge in [0.25, 0.3) is 0 Å². The van der Waals surface area contributed by atoms with Gasteiger partial charge in [0.05, 0.1) is 0 Å². The Morgan fingerprint density at radius 1 is 0.600 bits per heavy atom. The molecule has 0 N–H and O–H groups in total. The van der Waals surface area contributed by atoms with E-state index in [0.29, 0.717) is 0 Å². The van der Waals surface area contributed by atoms with Gasteiger partial charge in [0.1, 0.15) is 0 Å². The van der Waals surface area contributed by atoms with Crippen molar-refractivity contribution in [2.24, 2.45) is 0 Å². The van der Waals surface area contributed by atoms with Crippen LogP contribution in [0.5, 0.6) is 0 Å². The van der Waals surface area contributed by atoms with Crippen LogP contribution in [0.25, 0.3) is 10.8 Å². The van der Waals surface area contributed by atoms with Gasteiger partial charge in [-0.2, -0.15) is 0 Å². The first-order valence-corrected chi connectivity index (χ1v) is 6.12. The number of benzene rings is 3. The molecule has 0 unspecified atom stereocenters. The van der Waals surface area contributed by atoms with Gasteiger partial charge in [-0.15, -0.1) is 0 Å². The number of fused-ring (bicyclic) bond motifs is 1. The zero-order valence-electron chi connectivity index (χ0n) is 10.4. The van der Waals surface area contributed by atoms with E-state index in [9.17, 15) is 0 Å². The molecule has 0 saturated carbocycles. The van der Waals surface area contributed by atoms with E-state index in [4.69, 9.17) is 0 Å². The van der Waals surface area contributed by atoms with Crippen molar-refractivity contribution >= 4 is 22.1 Å². The maximum Gasteiger partial charge on any atom is 0.0414 e. The molecule has 0 spiro atoms. The van der Waals surface area contributed by atoms with Gasteiger partial charge in [0, 0.05) is 18.4 Å². The number of hydrogen-bond acceptors (Lipinski definition) is 1. The largest absolute Gasteiger partial charge is 0.345 e. The van der Waals surface area contributed by atoms with Gasteiger partial charge in [0.2, 0.25) is 0 Å². The second-order valence-electron chi connectivity index (χ2n) is 4.43. The lowest BCUT2D eigenvalue weighted by molar-refractivity contribution is 1.21. The summed E-state index contributed by atoms with van der Waals surface area (Å²) in [6, 6.07) is 25.4. The van der Waals surface area contributed by atoms with Crippen molar-refractivity contribution in [2.75, 3.05) is 11.9 Å². The van der Waals surface area contributed by atoms with Crippen LogP contribution in [0.3, 0.4) is 0 Å². The normalized spacial score (nSPS) is 9.45. The molecule has 20 heavy (non-hydrogen) atoms. The van der Waals surface area contributed by atoms with Crippen molar-refractivity contribution in [3.05, 3.63) is 72.8 Å². The third-order valence-corrected chi connectivity index (χ3v) is 3.26. The van der Waals surface area contributed by atoms with E-state index in [1.807, 2.05) is 6.07 Å². The van der Waals surface area contributed by atoms with E-state index in [1.54, 1.807) is 0 Å². The zero-order chi connectivity index (χ0) is 12.4. The molecule has 0 amide bonds. The lowest BCUT2D eigenvalue weighted by atomic mass is 10.1. The summed E-state index contributed by atoms with van der Waals surface area (Å²) in [5.41, 5.74) is 2.41. The molecule has 0 aliphatic heterocycles. The Morgan fingerprint density at radius 2 is 1.20 bits per heavy atom. The van der Waals surface area contributed by atoms with Gasteiger partial charge < -0.3 is 4.90 Å². The molecule has 0 bridgehead atoms. The van der Waals surface area contributed by atoms with Gasteiger partial charge in [-0.05, 0) is 35.0 Å². The van der Waals surface area contributed by atoms with Crippen LogP contribution in [-0.2, 0) is 0 Å². The third-order valence-electron chi connectivity index (χ3n) is 3.26. The smallest absolute Gasteiger partial charge is 0.0414 e. The molecular formula is C19H23N. The Labute approximate surface area is 122 Å². The van der Waals surface area contributed by atoms with Crippen LogP contribution in [-0.4, -0.2) is 7.05 Å². The predicted molar refractivity (Wildman–Crippen MR) is 91.9 cm³/mol. The first kappa shape index (κ1) is 15.8. The highest BCUT2D eigenvalue weighted by Crippen LogP contribution is 2.26. The molecule has 1 heteroatoms. The minimum absolute atomic E-state index is 0. The SMILES string of the molecule is C.C.CN(c1ccccc1)c1ccc2ccccc2c1. The molecular weight excluding hydrogens is 242 g/mol. The second-order valence-corrected chi connectivity index (χ2v) is 4.43. The van der Waals surface area contributed by atoms with Crippen molar-refractivity contribution in [1.82, 2.24) is 0 Å². The molecule has 0 aromatic heterocycles. The van der Waals surface area contributed by atoms with E-state index < -0.39 is 0 Å². The Hall–Kier alpha value is -2.28. The summed E-state index contributed by atoms with van der Waals surface area (Å²) in [7, 11) is 2.10. The van der Waals surface area contributed by atoms with Crippen molar-refractivity contribution in [3.63, 3.8) is 0 Å². The average Bonchev–Trinajstić information content (AvgIpc) is 2.47. The summed E-state index contributed by atoms with van der Waals surface area (Å²) in [6.45, 7) is 0. The minimum Gasteiger partial charge on any atom is -0.345 e. The lowest BCUT2D eigenvalue weighted by Crippen LogP contribution is -2.08. The molecule has 104 valence electrons. The number of rotatable bonds is 2. The molecule has 0 fully saturated rings. The highest BCUT2D eigenvalue weighted by Gasteiger charge is 2.03. The maximum absolute atomic E-state index is 2.22. The molecule has 0 saturated heterocycles. The highest BCUT2D eigenvalue weighted by molar-refractivity contribution is 5.86. The summed E-state index contributed by atoms with van der Waals surface area (Å²) >= 11 is 0. The second kappa shape index (κ2) is 6.76. The van der Waals surface area contributed by atoms with Crippen LogP contribution in [0.2, 0.25) is 0 Å². The molecule has 3 aromatic rings. The predicted octanol–water partition coefficient (Wildman–Crippen LogP) is 5.88. The Bertz CT molecular complexity index is 659. The van der Waals surface area contributed by atoms with Crippen molar-refractivity contribution in [1.29, 1.82) is 0 Å². The van der Waals surface area contributed by atoms with E-state index >= 15 is 0 Å². The van der Waals surface area contributed by atoms with E-state index in [-0.39, 0.29) is 14.9 Å². The molecule has 0 atom stereocenters.